The smallest absolute Gasteiger partial charge is 0.217 e. The Labute approximate surface area is 132 Å². The normalized spacial score (nSPS) is 27.9. The first kappa shape index (κ1) is 15.8. The molecule has 3 atom stereocenters. The van der Waals surface area contributed by atoms with Crippen LogP contribution in [-0.2, 0) is 10.0 Å². The third kappa shape index (κ3) is 3.45. The van der Waals surface area contributed by atoms with Gasteiger partial charge in [-0.25, -0.2) is 12.7 Å². The van der Waals surface area contributed by atoms with Gasteiger partial charge < -0.3 is 9.64 Å². The highest BCUT2D eigenvalue weighted by molar-refractivity contribution is 7.89. The Morgan fingerprint density at radius 3 is 2.41 bits per heavy atom. The van der Waals surface area contributed by atoms with Crippen LogP contribution in [0.4, 0.5) is 0 Å². The van der Waals surface area contributed by atoms with Crippen molar-refractivity contribution in [3.63, 3.8) is 0 Å². The van der Waals surface area contributed by atoms with E-state index in [1.807, 2.05) is 30.3 Å². The molecule has 5 nitrogen and oxygen atoms in total. The molecule has 1 heterocycles. The number of benzene rings is 1. The molecule has 1 aliphatic carbocycles. The van der Waals surface area contributed by atoms with Gasteiger partial charge in [-0.3, -0.25) is 0 Å². The van der Waals surface area contributed by atoms with E-state index in [-0.39, 0.29) is 12.4 Å². The van der Waals surface area contributed by atoms with Crippen LogP contribution in [0.3, 0.4) is 0 Å². The van der Waals surface area contributed by atoms with Crippen LogP contribution in [0.5, 0.6) is 5.75 Å². The Morgan fingerprint density at radius 2 is 1.82 bits per heavy atom. The van der Waals surface area contributed by atoms with Crippen molar-refractivity contribution in [2.45, 2.75) is 0 Å². The molecule has 0 bridgehead atoms. The predicted molar refractivity (Wildman–Crippen MR) is 86.3 cm³/mol. The molecule has 6 heteroatoms. The molecule has 122 valence electrons. The van der Waals surface area contributed by atoms with Gasteiger partial charge in [0, 0.05) is 19.6 Å². The molecule has 0 aromatic heterocycles. The Kier molecular flexibility index (Phi) is 4.43. The van der Waals surface area contributed by atoms with Crippen molar-refractivity contribution in [3.05, 3.63) is 30.3 Å². The van der Waals surface area contributed by atoms with Gasteiger partial charge in [0.05, 0.1) is 5.75 Å². The van der Waals surface area contributed by atoms with Gasteiger partial charge in [0.2, 0.25) is 10.0 Å². The molecule has 1 aromatic rings. The first-order chi connectivity index (χ1) is 10.5. The van der Waals surface area contributed by atoms with Crippen molar-refractivity contribution in [1.29, 1.82) is 0 Å². The highest BCUT2D eigenvalue weighted by atomic mass is 32.2. The molecule has 1 saturated heterocycles. The van der Waals surface area contributed by atoms with Gasteiger partial charge >= 0.3 is 0 Å². The highest BCUT2D eigenvalue weighted by Gasteiger charge is 2.57. The molecule has 3 rings (SSSR count). The SMILES string of the molecule is CN(C)CC1[C@H]2CN(S(=O)(=O)CCOc3ccccc3)C[C@@H]12. The quantitative estimate of drug-likeness (QED) is 0.754. The summed E-state index contributed by atoms with van der Waals surface area (Å²) in [5.41, 5.74) is 0. The fourth-order valence-electron chi connectivity index (χ4n) is 3.44. The third-order valence-corrected chi connectivity index (χ3v) is 6.43. The van der Waals surface area contributed by atoms with Gasteiger partial charge in [-0.2, -0.15) is 0 Å². The molecule has 2 aliphatic rings. The number of rotatable bonds is 7. The molecule has 0 radical (unpaired) electrons. The molecule has 0 N–H and O–H groups in total. The summed E-state index contributed by atoms with van der Waals surface area (Å²) in [4.78, 5) is 2.19. The van der Waals surface area contributed by atoms with E-state index in [0.717, 1.165) is 6.54 Å². The number of para-hydroxylation sites is 1. The molecule has 1 saturated carbocycles. The van der Waals surface area contributed by atoms with E-state index >= 15 is 0 Å². The van der Waals surface area contributed by atoms with Crippen molar-refractivity contribution >= 4 is 10.0 Å². The Hall–Kier alpha value is -1.11. The van der Waals surface area contributed by atoms with E-state index in [0.29, 0.717) is 36.6 Å². The summed E-state index contributed by atoms with van der Waals surface area (Å²) >= 11 is 0. The predicted octanol–water partition coefficient (Wildman–Crippen LogP) is 1.13. The Morgan fingerprint density at radius 1 is 1.18 bits per heavy atom. The lowest BCUT2D eigenvalue weighted by atomic mass is 10.3. The van der Waals surface area contributed by atoms with Crippen molar-refractivity contribution in [2.24, 2.45) is 17.8 Å². The zero-order valence-electron chi connectivity index (χ0n) is 13.2. The lowest BCUT2D eigenvalue weighted by molar-refractivity contribution is 0.323. The number of nitrogens with zero attached hydrogens (tertiary/aromatic N) is 2. The fourth-order valence-corrected chi connectivity index (χ4v) is 4.79. The number of ether oxygens (including phenoxy) is 1. The monoisotopic (exact) mass is 324 g/mol. The average molecular weight is 324 g/mol. The minimum atomic E-state index is -3.19. The number of hydrogen-bond acceptors (Lipinski definition) is 4. The van der Waals surface area contributed by atoms with Gasteiger partial charge in [-0.1, -0.05) is 18.2 Å². The zero-order chi connectivity index (χ0) is 15.7. The number of hydrogen-bond donors (Lipinski definition) is 0. The summed E-state index contributed by atoms with van der Waals surface area (Å²) in [6.45, 7) is 2.66. The minimum Gasteiger partial charge on any atom is -0.492 e. The second-order valence-corrected chi connectivity index (χ2v) is 8.64. The van der Waals surface area contributed by atoms with Gasteiger partial charge in [-0.15, -0.1) is 0 Å². The lowest BCUT2D eigenvalue weighted by Gasteiger charge is -2.20. The number of fused-ring (bicyclic) bond motifs is 1. The summed E-state index contributed by atoms with van der Waals surface area (Å²) in [7, 11) is 0.956. The molecule has 0 spiro atoms. The molecule has 1 unspecified atom stereocenters. The summed E-state index contributed by atoms with van der Waals surface area (Å²) in [5.74, 6) is 2.58. The lowest BCUT2D eigenvalue weighted by Crippen LogP contribution is -2.36. The van der Waals surface area contributed by atoms with Gasteiger partial charge in [0.25, 0.3) is 0 Å². The second kappa shape index (κ2) is 6.18. The molecule has 2 fully saturated rings. The molecule has 0 amide bonds. The first-order valence-electron chi connectivity index (χ1n) is 7.78. The summed E-state index contributed by atoms with van der Waals surface area (Å²) in [6.07, 6.45) is 0. The van der Waals surface area contributed by atoms with Crippen molar-refractivity contribution in [2.75, 3.05) is 46.1 Å². The van der Waals surface area contributed by atoms with E-state index in [9.17, 15) is 8.42 Å². The van der Waals surface area contributed by atoms with Crippen LogP contribution in [-0.4, -0.2) is 63.7 Å². The standard InChI is InChI=1S/C16H24N2O3S/c1-17(2)10-14-15-11-18(12-16(14)15)22(19,20)9-8-21-13-6-4-3-5-7-13/h3-7,14-16H,8-12H2,1-2H3/t14?,15-,16+. The maximum Gasteiger partial charge on any atom is 0.217 e. The van der Waals surface area contributed by atoms with E-state index in [1.165, 1.54) is 0 Å². The van der Waals surface area contributed by atoms with E-state index in [4.69, 9.17) is 4.74 Å². The molecule has 1 aromatic carbocycles. The number of sulfonamides is 1. The molecular formula is C16H24N2O3S. The fraction of sp³-hybridized carbons (Fsp3) is 0.625. The van der Waals surface area contributed by atoms with Crippen LogP contribution < -0.4 is 4.74 Å². The van der Waals surface area contributed by atoms with Crippen LogP contribution in [0.15, 0.2) is 30.3 Å². The van der Waals surface area contributed by atoms with Crippen LogP contribution in [0.25, 0.3) is 0 Å². The van der Waals surface area contributed by atoms with Gasteiger partial charge in [0.1, 0.15) is 12.4 Å². The maximum atomic E-state index is 12.4. The largest absolute Gasteiger partial charge is 0.492 e. The summed E-state index contributed by atoms with van der Waals surface area (Å²) in [6, 6.07) is 9.34. The Balaban J connectivity index is 1.45. The highest BCUT2D eigenvalue weighted by Crippen LogP contribution is 2.52. The second-order valence-electron chi connectivity index (χ2n) is 6.55. The van der Waals surface area contributed by atoms with Crippen molar-refractivity contribution in [3.8, 4) is 5.75 Å². The molecular weight excluding hydrogens is 300 g/mol. The van der Waals surface area contributed by atoms with Crippen LogP contribution in [0.2, 0.25) is 0 Å². The maximum absolute atomic E-state index is 12.4. The molecule has 22 heavy (non-hydrogen) atoms. The molecule has 1 aliphatic heterocycles. The first-order valence-corrected chi connectivity index (χ1v) is 9.39. The van der Waals surface area contributed by atoms with E-state index < -0.39 is 10.0 Å². The van der Waals surface area contributed by atoms with Crippen LogP contribution >= 0.6 is 0 Å². The zero-order valence-corrected chi connectivity index (χ0v) is 14.0. The van der Waals surface area contributed by atoms with E-state index in [2.05, 4.69) is 19.0 Å². The number of piperidine rings is 1. The van der Waals surface area contributed by atoms with E-state index in [1.54, 1.807) is 4.31 Å². The van der Waals surface area contributed by atoms with Gasteiger partial charge in [-0.05, 0) is 44.0 Å². The van der Waals surface area contributed by atoms with Crippen molar-refractivity contribution in [1.82, 2.24) is 9.21 Å². The van der Waals surface area contributed by atoms with Crippen LogP contribution in [0, 0.1) is 17.8 Å². The van der Waals surface area contributed by atoms with Gasteiger partial charge in [0.15, 0.2) is 0 Å². The summed E-state index contributed by atoms with van der Waals surface area (Å²) < 4.78 is 31.9. The topological polar surface area (TPSA) is 49.9 Å². The van der Waals surface area contributed by atoms with Crippen LogP contribution in [0.1, 0.15) is 0 Å². The Bertz CT molecular complexity index is 591. The minimum absolute atomic E-state index is 0.0552. The average Bonchev–Trinajstić information content (AvgIpc) is 2.91. The van der Waals surface area contributed by atoms with Crippen molar-refractivity contribution < 1.29 is 13.2 Å². The summed E-state index contributed by atoms with van der Waals surface area (Å²) in [5, 5.41) is 0. The third-order valence-electron chi connectivity index (χ3n) is 4.66.